The number of para-hydroxylation sites is 1. The third-order valence-corrected chi connectivity index (χ3v) is 3.94. The largest absolute Gasteiger partial charge is 0.507 e. The SMILES string of the molecule is CCc1cccc(CC)c1NC(=O)c1ccc(Br)cc1O. The highest BCUT2D eigenvalue weighted by Gasteiger charge is 2.14. The minimum absolute atomic E-state index is 0.0334. The number of anilines is 1. The topological polar surface area (TPSA) is 49.3 Å². The lowest BCUT2D eigenvalue weighted by Crippen LogP contribution is -2.15. The lowest BCUT2D eigenvalue weighted by atomic mass is 10.0. The van der Waals surface area contributed by atoms with E-state index in [2.05, 4.69) is 35.1 Å². The van der Waals surface area contributed by atoms with Crippen LogP contribution in [0, 0.1) is 0 Å². The summed E-state index contributed by atoms with van der Waals surface area (Å²) >= 11 is 3.27. The van der Waals surface area contributed by atoms with E-state index in [0.29, 0.717) is 0 Å². The molecule has 4 heteroatoms. The maximum atomic E-state index is 12.4. The zero-order chi connectivity index (χ0) is 15.4. The summed E-state index contributed by atoms with van der Waals surface area (Å²) in [5, 5.41) is 12.8. The second-order valence-electron chi connectivity index (χ2n) is 4.77. The van der Waals surface area contributed by atoms with Crippen molar-refractivity contribution in [1.29, 1.82) is 0 Å². The minimum atomic E-state index is -0.296. The van der Waals surface area contributed by atoms with Gasteiger partial charge in [0.1, 0.15) is 5.75 Å². The highest BCUT2D eigenvalue weighted by Crippen LogP contribution is 2.26. The Morgan fingerprint density at radius 3 is 2.29 bits per heavy atom. The number of phenols is 1. The number of benzene rings is 2. The highest BCUT2D eigenvalue weighted by atomic mass is 79.9. The van der Waals surface area contributed by atoms with Crippen molar-refractivity contribution in [1.82, 2.24) is 0 Å². The molecule has 0 heterocycles. The Balaban J connectivity index is 2.35. The fourth-order valence-corrected chi connectivity index (χ4v) is 2.63. The monoisotopic (exact) mass is 347 g/mol. The average molecular weight is 348 g/mol. The van der Waals surface area contributed by atoms with E-state index in [4.69, 9.17) is 0 Å². The number of aromatic hydroxyl groups is 1. The van der Waals surface area contributed by atoms with Gasteiger partial charge in [0.05, 0.1) is 5.56 Å². The van der Waals surface area contributed by atoms with E-state index in [1.165, 1.54) is 6.07 Å². The number of nitrogens with one attached hydrogen (secondary N) is 1. The maximum absolute atomic E-state index is 12.4. The predicted octanol–water partition coefficient (Wildman–Crippen LogP) is 4.53. The maximum Gasteiger partial charge on any atom is 0.259 e. The van der Waals surface area contributed by atoms with Crippen molar-refractivity contribution in [2.24, 2.45) is 0 Å². The molecule has 2 aromatic rings. The average Bonchev–Trinajstić information content (AvgIpc) is 2.47. The van der Waals surface area contributed by atoms with Crippen molar-refractivity contribution in [3.05, 3.63) is 57.6 Å². The molecule has 2 N–H and O–H groups in total. The highest BCUT2D eigenvalue weighted by molar-refractivity contribution is 9.10. The molecule has 1 amide bonds. The molecule has 110 valence electrons. The number of hydrogen-bond acceptors (Lipinski definition) is 2. The van der Waals surface area contributed by atoms with Crippen molar-refractivity contribution >= 4 is 27.5 Å². The van der Waals surface area contributed by atoms with Gasteiger partial charge in [-0.2, -0.15) is 0 Å². The first-order valence-corrected chi connectivity index (χ1v) is 7.76. The summed E-state index contributed by atoms with van der Waals surface area (Å²) < 4.78 is 0.736. The molecule has 21 heavy (non-hydrogen) atoms. The molecule has 0 saturated carbocycles. The summed E-state index contributed by atoms with van der Waals surface area (Å²) in [5.74, 6) is -0.329. The fourth-order valence-electron chi connectivity index (χ4n) is 2.28. The van der Waals surface area contributed by atoms with E-state index in [0.717, 1.165) is 34.1 Å². The van der Waals surface area contributed by atoms with Gasteiger partial charge in [0.2, 0.25) is 0 Å². The predicted molar refractivity (Wildman–Crippen MR) is 89.0 cm³/mol. The number of rotatable bonds is 4. The second-order valence-corrected chi connectivity index (χ2v) is 5.69. The summed E-state index contributed by atoms with van der Waals surface area (Å²) in [6.45, 7) is 4.11. The van der Waals surface area contributed by atoms with Gasteiger partial charge in [-0.3, -0.25) is 4.79 Å². The standard InChI is InChI=1S/C17H18BrNO2/c1-3-11-6-5-7-12(4-2)16(11)19-17(21)14-9-8-13(18)10-15(14)20/h5-10,20H,3-4H2,1-2H3,(H,19,21). The summed E-state index contributed by atoms with van der Waals surface area (Å²) in [5.41, 5.74) is 3.32. The molecule has 0 aliphatic carbocycles. The molecule has 0 fully saturated rings. The fraction of sp³-hybridized carbons (Fsp3) is 0.235. The Bertz CT molecular complexity index is 646. The van der Waals surface area contributed by atoms with Crippen molar-refractivity contribution in [2.75, 3.05) is 5.32 Å². The molecule has 0 aliphatic heterocycles. The van der Waals surface area contributed by atoms with E-state index < -0.39 is 0 Å². The first-order valence-electron chi connectivity index (χ1n) is 6.97. The summed E-state index contributed by atoms with van der Waals surface area (Å²) in [6.07, 6.45) is 1.69. The zero-order valence-electron chi connectivity index (χ0n) is 12.1. The normalized spacial score (nSPS) is 10.4. The van der Waals surface area contributed by atoms with Crippen LogP contribution in [0.1, 0.15) is 35.3 Å². The molecule has 0 aromatic heterocycles. The van der Waals surface area contributed by atoms with Gasteiger partial charge in [-0.25, -0.2) is 0 Å². The van der Waals surface area contributed by atoms with Crippen molar-refractivity contribution in [2.45, 2.75) is 26.7 Å². The Morgan fingerprint density at radius 2 is 1.76 bits per heavy atom. The number of aryl methyl sites for hydroxylation is 2. The summed E-state index contributed by atoms with van der Waals surface area (Å²) in [7, 11) is 0. The van der Waals surface area contributed by atoms with E-state index in [9.17, 15) is 9.90 Å². The Morgan fingerprint density at radius 1 is 1.14 bits per heavy atom. The number of halogens is 1. The lowest BCUT2D eigenvalue weighted by Gasteiger charge is -2.15. The molecule has 2 aromatic carbocycles. The quantitative estimate of drug-likeness (QED) is 0.853. The van der Waals surface area contributed by atoms with Crippen LogP contribution < -0.4 is 5.32 Å². The Hall–Kier alpha value is -1.81. The molecule has 2 rings (SSSR count). The molecule has 0 radical (unpaired) electrons. The van der Waals surface area contributed by atoms with Gasteiger partial charge in [0, 0.05) is 10.2 Å². The van der Waals surface area contributed by atoms with Crippen LogP contribution in [-0.2, 0) is 12.8 Å². The van der Waals surface area contributed by atoms with Crippen LogP contribution in [0.2, 0.25) is 0 Å². The van der Waals surface area contributed by atoms with Gasteiger partial charge < -0.3 is 10.4 Å². The first-order chi connectivity index (χ1) is 10.1. The van der Waals surface area contributed by atoms with E-state index in [-0.39, 0.29) is 17.2 Å². The molecule has 3 nitrogen and oxygen atoms in total. The number of carbonyl (C=O) groups excluding carboxylic acids is 1. The van der Waals surface area contributed by atoms with E-state index in [1.807, 2.05) is 18.2 Å². The third kappa shape index (κ3) is 3.45. The molecular weight excluding hydrogens is 330 g/mol. The first kappa shape index (κ1) is 15.6. The zero-order valence-corrected chi connectivity index (χ0v) is 13.7. The lowest BCUT2D eigenvalue weighted by molar-refractivity contribution is 0.102. The third-order valence-electron chi connectivity index (χ3n) is 3.44. The van der Waals surface area contributed by atoms with Crippen LogP contribution in [0.3, 0.4) is 0 Å². The molecule has 0 spiro atoms. The smallest absolute Gasteiger partial charge is 0.259 e. The molecule has 0 unspecified atom stereocenters. The van der Waals surface area contributed by atoms with Crippen LogP contribution in [0.5, 0.6) is 5.75 Å². The number of phenolic OH excluding ortho intramolecular Hbond substituents is 1. The Kier molecular flexibility index (Phi) is 5.02. The summed E-state index contributed by atoms with van der Waals surface area (Å²) in [6, 6.07) is 10.9. The number of amides is 1. The Labute approximate surface area is 133 Å². The van der Waals surface area contributed by atoms with Gasteiger partial charge in [-0.05, 0) is 42.2 Å². The molecule has 0 aliphatic rings. The van der Waals surface area contributed by atoms with Crippen LogP contribution in [0.4, 0.5) is 5.69 Å². The van der Waals surface area contributed by atoms with Crippen LogP contribution in [0.25, 0.3) is 0 Å². The number of carbonyl (C=O) groups is 1. The van der Waals surface area contributed by atoms with Crippen LogP contribution in [-0.4, -0.2) is 11.0 Å². The molecule has 0 bridgehead atoms. The van der Waals surface area contributed by atoms with E-state index in [1.54, 1.807) is 12.1 Å². The van der Waals surface area contributed by atoms with Gasteiger partial charge in [-0.1, -0.05) is 48.0 Å². The van der Waals surface area contributed by atoms with Gasteiger partial charge in [0.25, 0.3) is 5.91 Å². The van der Waals surface area contributed by atoms with E-state index >= 15 is 0 Å². The van der Waals surface area contributed by atoms with Gasteiger partial charge in [0.15, 0.2) is 0 Å². The molecule has 0 atom stereocenters. The summed E-state index contributed by atoms with van der Waals surface area (Å²) in [4.78, 5) is 12.4. The molecular formula is C17H18BrNO2. The van der Waals surface area contributed by atoms with Crippen molar-refractivity contribution in [3.63, 3.8) is 0 Å². The molecule has 0 saturated heterocycles. The van der Waals surface area contributed by atoms with Gasteiger partial charge >= 0.3 is 0 Å². The van der Waals surface area contributed by atoms with Gasteiger partial charge in [-0.15, -0.1) is 0 Å². The second kappa shape index (κ2) is 6.76. The minimum Gasteiger partial charge on any atom is -0.507 e. The van der Waals surface area contributed by atoms with Crippen molar-refractivity contribution in [3.8, 4) is 5.75 Å². The van der Waals surface area contributed by atoms with Crippen molar-refractivity contribution < 1.29 is 9.90 Å². The number of hydrogen-bond donors (Lipinski definition) is 2. The van der Waals surface area contributed by atoms with Crippen LogP contribution >= 0.6 is 15.9 Å². The van der Waals surface area contributed by atoms with Crippen LogP contribution in [0.15, 0.2) is 40.9 Å².